The number of amides is 3. The summed E-state index contributed by atoms with van der Waals surface area (Å²) in [6.07, 6.45) is 6.52. The molecule has 2 N–H and O–H groups in total. The number of nitrogens with zero attached hydrogens (tertiary/aromatic N) is 1. The zero-order valence-corrected chi connectivity index (χ0v) is 25.6. The average Bonchev–Trinajstić information content (AvgIpc) is 2.90. The Kier molecular flexibility index (Phi) is 13.2. The molecule has 0 saturated heterocycles. The molecule has 7 heteroatoms. The van der Waals surface area contributed by atoms with Crippen molar-refractivity contribution in [3.8, 4) is 0 Å². The lowest BCUT2D eigenvalue weighted by Gasteiger charge is -2.32. The van der Waals surface area contributed by atoms with Crippen LogP contribution in [0, 0.1) is 13.8 Å². The van der Waals surface area contributed by atoms with Crippen molar-refractivity contribution in [2.75, 3.05) is 18.4 Å². The Labute approximate surface area is 241 Å². The molecule has 3 amide bonds. The van der Waals surface area contributed by atoms with Crippen LogP contribution in [0.3, 0.4) is 0 Å². The molecule has 0 aliphatic carbocycles. The summed E-state index contributed by atoms with van der Waals surface area (Å²) < 4.78 is 5.33. The molecule has 2 aromatic carbocycles. The number of para-hydroxylation sites is 1. The zero-order valence-electron chi connectivity index (χ0n) is 25.6. The van der Waals surface area contributed by atoms with Crippen LogP contribution in [0.1, 0.15) is 101 Å². The smallest absolute Gasteiger partial charge is 0.408 e. The van der Waals surface area contributed by atoms with E-state index >= 15 is 0 Å². The van der Waals surface area contributed by atoms with Gasteiger partial charge in [-0.25, -0.2) is 4.79 Å². The number of unbranched alkanes of at least 4 members (excludes halogenated alkanes) is 5. The molecule has 2 rings (SSSR count). The number of hydrogen-bond acceptors (Lipinski definition) is 4. The van der Waals surface area contributed by atoms with Gasteiger partial charge in [-0.2, -0.15) is 0 Å². The van der Waals surface area contributed by atoms with Crippen molar-refractivity contribution >= 4 is 23.6 Å². The van der Waals surface area contributed by atoms with Crippen molar-refractivity contribution in [3.63, 3.8) is 0 Å². The molecule has 0 saturated carbocycles. The summed E-state index contributed by atoms with van der Waals surface area (Å²) >= 11 is 0. The second-order valence-electron chi connectivity index (χ2n) is 11.5. The lowest BCUT2D eigenvalue weighted by atomic mass is 10.00. The Morgan fingerprint density at radius 3 is 2.05 bits per heavy atom. The van der Waals surface area contributed by atoms with Crippen LogP contribution < -0.4 is 10.6 Å². The van der Waals surface area contributed by atoms with E-state index in [4.69, 9.17) is 4.74 Å². The van der Waals surface area contributed by atoms with E-state index in [9.17, 15) is 14.4 Å². The van der Waals surface area contributed by atoms with Crippen LogP contribution in [0.15, 0.2) is 42.5 Å². The maximum atomic E-state index is 14.0. The monoisotopic (exact) mass is 551 g/mol. The van der Waals surface area contributed by atoms with Crippen LogP contribution in [-0.4, -0.2) is 41.5 Å². The molecule has 0 radical (unpaired) electrons. The van der Waals surface area contributed by atoms with Gasteiger partial charge >= 0.3 is 6.09 Å². The predicted molar refractivity (Wildman–Crippen MR) is 162 cm³/mol. The highest BCUT2D eigenvalue weighted by molar-refractivity contribution is 5.99. The van der Waals surface area contributed by atoms with Crippen molar-refractivity contribution in [2.24, 2.45) is 0 Å². The number of hydrogen-bond donors (Lipinski definition) is 2. The normalized spacial score (nSPS) is 12.0. The second kappa shape index (κ2) is 16.0. The number of nitrogens with one attached hydrogen (secondary N) is 2. The van der Waals surface area contributed by atoms with Crippen LogP contribution in [0.25, 0.3) is 0 Å². The summed E-state index contributed by atoms with van der Waals surface area (Å²) in [4.78, 5) is 41.6. The molecule has 7 nitrogen and oxygen atoms in total. The van der Waals surface area contributed by atoms with Crippen molar-refractivity contribution in [1.82, 2.24) is 10.2 Å². The zero-order chi connectivity index (χ0) is 29.7. The number of benzene rings is 2. The summed E-state index contributed by atoms with van der Waals surface area (Å²) in [5.41, 5.74) is 3.86. The topological polar surface area (TPSA) is 87.7 Å². The summed E-state index contributed by atoms with van der Waals surface area (Å²) in [7, 11) is 0. The molecule has 0 fully saturated rings. The number of carbonyl (C=O) groups is 3. The largest absolute Gasteiger partial charge is 0.444 e. The molecule has 0 heterocycles. The Morgan fingerprint density at radius 1 is 0.875 bits per heavy atom. The first-order valence-electron chi connectivity index (χ1n) is 14.7. The molecule has 0 bridgehead atoms. The van der Waals surface area contributed by atoms with E-state index in [1.54, 1.807) is 25.7 Å². The number of rotatable bonds is 14. The first-order chi connectivity index (χ1) is 19.0. The summed E-state index contributed by atoms with van der Waals surface area (Å²) in [5.74, 6) is -0.612. The molecule has 0 aliphatic rings. The van der Waals surface area contributed by atoms with Gasteiger partial charge in [0, 0.05) is 12.2 Å². The highest BCUT2D eigenvalue weighted by Gasteiger charge is 2.32. The van der Waals surface area contributed by atoms with Gasteiger partial charge in [-0.15, -0.1) is 0 Å². The van der Waals surface area contributed by atoms with Crippen molar-refractivity contribution < 1.29 is 19.1 Å². The van der Waals surface area contributed by atoms with Gasteiger partial charge in [0.25, 0.3) is 5.91 Å². The van der Waals surface area contributed by atoms with E-state index in [-0.39, 0.29) is 18.4 Å². The number of carbonyl (C=O) groups excluding carboxylic acids is 3. The lowest BCUT2D eigenvalue weighted by molar-refractivity contribution is -0.138. The van der Waals surface area contributed by atoms with Gasteiger partial charge in [-0.1, -0.05) is 88.4 Å². The maximum Gasteiger partial charge on any atom is 0.408 e. The fraction of sp³-hybridized carbons (Fsp3) is 0.545. The minimum absolute atomic E-state index is 0.259. The fourth-order valence-corrected chi connectivity index (χ4v) is 4.64. The standard InChI is InChI=1S/C33H49N3O4/c1-8-10-11-12-13-14-22-36(28(37)23-34-32(39)40-33(5,6)7)30(27-20-18-26(9-2)19-21-27)31(38)35-29-24(3)16-15-17-25(29)4/h15-21,30H,8-14,22-23H2,1-7H3,(H,34,39)(H,35,38). The number of ether oxygens (including phenoxy) is 1. The van der Waals surface area contributed by atoms with Gasteiger partial charge in [-0.3, -0.25) is 9.59 Å². The van der Waals surface area contributed by atoms with Crippen molar-refractivity contribution in [3.05, 3.63) is 64.7 Å². The molecule has 220 valence electrons. The maximum absolute atomic E-state index is 14.0. The van der Waals surface area contributed by atoms with E-state index in [1.165, 1.54) is 6.42 Å². The Morgan fingerprint density at radius 2 is 1.48 bits per heavy atom. The highest BCUT2D eigenvalue weighted by atomic mass is 16.6. The van der Waals surface area contributed by atoms with Crippen molar-refractivity contribution in [2.45, 2.75) is 105 Å². The van der Waals surface area contributed by atoms with Crippen LogP contribution in [0.2, 0.25) is 0 Å². The van der Waals surface area contributed by atoms with Crippen molar-refractivity contribution in [1.29, 1.82) is 0 Å². The van der Waals surface area contributed by atoms with E-state index in [0.717, 1.165) is 66.5 Å². The minimum atomic E-state index is -0.853. The Balaban J connectivity index is 2.39. The number of alkyl carbamates (subject to hydrolysis) is 1. The summed E-state index contributed by atoms with van der Waals surface area (Å²) in [6, 6.07) is 12.9. The van der Waals surface area contributed by atoms with Crippen LogP contribution in [0.5, 0.6) is 0 Å². The average molecular weight is 552 g/mol. The van der Waals surface area contributed by atoms with Gasteiger partial charge in [0.1, 0.15) is 18.2 Å². The summed E-state index contributed by atoms with van der Waals surface area (Å²) in [6.45, 7) is 13.6. The molecule has 0 aliphatic heterocycles. The molecule has 2 aromatic rings. The molecule has 0 spiro atoms. The molecule has 40 heavy (non-hydrogen) atoms. The first kappa shape index (κ1) is 32.9. The first-order valence-corrected chi connectivity index (χ1v) is 14.7. The third-order valence-corrected chi connectivity index (χ3v) is 6.85. The fourth-order valence-electron chi connectivity index (χ4n) is 4.64. The number of anilines is 1. The SMILES string of the molecule is CCCCCCCCN(C(=O)CNC(=O)OC(C)(C)C)C(C(=O)Nc1c(C)cccc1C)c1ccc(CC)cc1. The van der Waals surface area contributed by atoms with E-state index in [1.807, 2.05) is 56.3 Å². The third-order valence-electron chi connectivity index (χ3n) is 6.85. The second-order valence-corrected chi connectivity index (χ2v) is 11.5. The molecular weight excluding hydrogens is 502 g/mol. The number of aryl methyl sites for hydroxylation is 3. The highest BCUT2D eigenvalue weighted by Crippen LogP contribution is 2.27. The molecular formula is C33H49N3O4. The van der Waals surface area contributed by atoms with E-state index in [2.05, 4.69) is 24.5 Å². The molecule has 0 aromatic heterocycles. The Bertz CT molecular complexity index is 1090. The van der Waals surface area contributed by atoms with E-state index < -0.39 is 17.7 Å². The van der Waals surface area contributed by atoms with E-state index in [0.29, 0.717) is 6.54 Å². The lowest BCUT2D eigenvalue weighted by Crippen LogP contribution is -2.47. The van der Waals surface area contributed by atoms with Gasteiger partial charge in [-0.05, 0) is 69.7 Å². The predicted octanol–water partition coefficient (Wildman–Crippen LogP) is 7.26. The van der Waals surface area contributed by atoms with Crippen LogP contribution >= 0.6 is 0 Å². The quantitative estimate of drug-likeness (QED) is 0.242. The van der Waals surface area contributed by atoms with Gasteiger partial charge in [0.15, 0.2) is 0 Å². The van der Waals surface area contributed by atoms with Crippen LogP contribution in [-0.2, 0) is 20.7 Å². The minimum Gasteiger partial charge on any atom is -0.444 e. The Hall–Kier alpha value is -3.35. The van der Waals surface area contributed by atoms with Gasteiger partial charge < -0.3 is 20.3 Å². The third kappa shape index (κ3) is 10.7. The van der Waals surface area contributed by atoms with Gasteiger partial charge in [0.2, 0.25) is 5.91 Å². The van der Waals surface area contributed by atoms with Crippen LogP contribution in [0.4, 0.5) is 10.5 Å². The van der Waals surface area contributed by atoms with Gasteiger partial charge in [0.05, 0.1) is 0 Å². The summed E-state index contributed by atoms with van der Waals surface area (Å²) in [5, 5.41) is 5.70. The molecule has 1 atom stereocenters. The molecule has 1 unspecified atom stereocenters.